The van der Waals surface area contributed by atoms with Crippen LogP contribution < -0.4 is 29.1 Å². The van der Waals surface area contributed by atoms with Crippen molar-refractivity contribution in [3.05, 3.63) is 115 Å². The summed E-state index contributed by atoms with van der Waals surface area (Å²) in [6.45, 7) is 4.67. The van der Waals surface area contributed by atoms with Gasteiger partial charge in [-0.25, -0.2) is 9.79 Å². The average molecular weight is 557 g/mol. The lowest BCUT2D eigenvalue weighted by atomic mass is 9.97. The van der Waals surface area contributed by atoms with Crippen molar-refractivity contribution < 1.29 is 23.7 Å². The minimum atomic E-state index is -0.756. The van der Waals surface area contributed by atoms with Gasteiger partial charge >= 0.3 is 5.97 Å². The zero-order valence-electron chi connectivity index (χ0n) is 22.3. The SMILES string of the molecule is CCOc1ccc([C@H]2C(C(=O)OC)=CN=c3s/c(=C\c4cccc(Oc5ccccc5)c4)c(=O)n32)cc1OCC. The van der Waals surface area contributed by atoms with Crippen molar-refractivity contribution in [2.24, 2.45) is 4.99 Å². The van der Waals surface area contributed by atoms with Crippen LogP contribution in [0.25, 0.3) is 6.08 Å². The Bertz CT molecular complexity index is 1740. The number of hydrogen-bond donors (Lipinski definition) is 0. The Morgan fingerprint density at radius 2 is 1.70 bits per heavy atom. The van der Waals surface area contributed by atoms with Gasteiger partial charge in [-0.1, -0.05) is 47.7 Å². The predicted octanol–water partition coefficient (Wildman–Crippen LogP) is 4.61. The average Bonchev–Trinajstić information content (AvgIpc) is 3.28. The van der Waals surface area contributed by atoms with Gasteiger partial charge in [0.2, 0.25) is 0 Å². The topological polar surface area (TPSA) is 88.4 Å². The summed E-state index contributed by atoms with van der Waals surface area (Å²) >= 11 is 1.25. The molecule has 1 aromatic heterocycles. The van der Waals surface area contributed by atoms with Crippen LogP contribution in [0.15, 0.2) is 94.4 Å². The maximum absolute atomic E-state index is 13.8. The lowest BCUT2D eigenvalue weighted by Crippen LogP contribution is -2.39. The van der Waals surface area contributed by atoms with Gasteiger partial charge in [-0.05, 0) is 67.4 Å². The van der Waals surface area contributed by atoms with Crippen molar-refractivity contribution in [3.63, 3.8) is 0 Å². The van der Waals surface area contributed by atoms with Crippen LogP contribution in [0.1, 0.15) is 31.0 Å². The lowest BCUT2D eigenvalue weighted by Gasteiger charge is -2.23. The Hall–Kier alpha value is -4.63. The molecule has 0 unspecified atom stereocenters. The summed E-state index contributed by atoms with van der Waals surface area (Å²) in [4.78, 5) is 31.5. The second kappa shape index (κ2) is 12.0. The molecule has 0 saturated carbocycles. The van der Waals surface area contributed by atoms with E-state index < -0.39 is 12.0 Å². The second-order valence-electron chi connectivity index (χ2n) is 8.74. The molecular weight excluding hydrogens is 528 g/mol. The van der Waals surface area contributed by atoms with Crippen LogP contribution in [0, 0.1) is 0 Å². The molecule has 40 heavy (non-hydrogen) atoms. The van der Waals surface area contributed by atoms with Gasteiger partial charge in [0.05, 0.1) is 36.5 Å². The maximum Gasteiger partial charge on any atom is 0.337 e. The van der Waals surface area contributed by atoms with E-state index in [1.54, 1.807) is 18.2 Å². The summed E-state index contributed by atoms with van der Waals surface area (Å²) in [6, 6.07) is 21.6. The number of esters is 1. The fraction of sp³-hybridized carbons (Fsp3) is 0.194. The highest BCUT2D eigenvalue weighted by molar-refractivity contribution is 7.07. The first-order chi connectivity index (χ1) is 19.5. The number of thiazole rings is 1. The smallest absolute Gasteiger partial charge is 0.337 e. The Kier molecular flexibility index (Phi) is 8.12. The van der Waals surface area contributed by atoms with Gasteiger partial charge in [-0.15, -0.1) is 0 Å². The predicted molar refractivity (Wildman–Crippen MR) is 153 cm³/mol. The summed E-state index contributed by atoms with van der Waals surface area (Å²) in [7, 11) is 1.31. The van der Waals surface area contributed by atoms with E-state index in [1.165, 1.54) is 29.2 Å². The third-order valence-electron chi connectivity index (χ3n) is 6.14. The van der Waals surface area contributed by atoms with E-state index >= 15 is 0 Å². The minimum absolute atomic E-state index is 0.242. The number of carbonyl (C=O) groups is 1. The molecule has 5 rings (SSSR count). The summed E-state index contributed by atoms with van der Waals surface area (Å²) in [5, 5.41) is 0. The number of carbonyl (C=O) groups excluding carboxylic acids is 1. The molecule has 0 aliphatic carbocycles. The van der Waals surface area contributed by atoms with Crippen LogP contribution in [0.5, 0.6) is 23.0 Å². The molecule has 1 aliphatic heterocycles. The first kappa shape index (κ1) is 27.0. The first-order valence-electron chi connectivity index (χ1n) is 12.8. The van der Waals surface area contributed by atoms with Crippen molar-refractivity contribution in [3.8, 4) is 23.0 Å². The van der Waals surface area contributed by atoms with E-state index in [-0.39, 0.29) is 11.1 Å². The summed E-state index contributed by atoms with van der Waals surface area (Å²) in [5.74, 6) is 1.91. The molecule has 0 spiro atoms. The molecule has 0 radical (unpaired) electrons. The molecule has 0 amide bonds. The number of benzene rings is 3. The quantitative estimate of drug-likeness (QED) is 0.280. The van der Waals surface area contributed by atoms with Crippen LogP contribution in [0.3, 0.4) is 0 Å². The molecule has 4 aromatic rings. The molecule has 0 bridgehead atoms. The number of aromatic nitrogens is 1. The molecule has 2 heterocycles. The Labute approximate surface area is 235 Å². The number of rotatable bonds is 9. The molecule has 8 nitrogen and oxygen atoms in total. The van der Waals surface area contributed by atoms with Gasteiger partial charge in [0.1, 0.15) is 11.5 Å². The van der Waals surface area contributed by atoms with Crippen molar-refractivity contribution >= 4 is 23.4 Å². The van der Waals surface area contributed by atoms with Crippen LogP contribution in [0.4, 0.5) is 0 Å². The van der Waals surface area contributed by atoms with E-state index in [1.807, 2.05) is 74.5 Å². The first-order valence-corrected chi connectivity index (χ1v) is 13.7. The zero-order chi connectivity index (χ0) is 28.1. The van der Waals surface area contributed by atoms with Gasteiger partial charge in [-0.3, -0.25) is 9.36 Å². The number of para-hydroxylation sites is 1. The summed E-state index contributed by atoms with van der Waals surface area (Å²) < 4.78 is 24.5. The van der Waals surface area contributed by atoms with Crippen molar-refractivity contribution in [1.29, 1.82) is 0 Å². The van der Waals surface area contributed by atoms with Gasteiger partial charge in [0, 0.05) is 6.20 Å². The standard InChI is InChI=1S/C31H28N2O6S/c1-4-37-25-15-14-21(18-26(25)38-5-2)28-24(30(35)36-3)19-32-31-33(28)29(34)27(40-31)17-20-10-9-13-23(16-20)39-22-11-7-6-8-12-22/h6-19,28H,4-5H2,1-3H3/b27-17-/t28-/m0/s1. The number of nitrogens with zero attached hydrogens (tertiary/aromatic N) is 2. The van der Waals surface area contributed by atoms with Crippen molar-refractivity contribution in [1.82, 2.24) is 4.57 Å². The van der Waals surface area contributed by atoms with Crippen molar-refractivity contribution in [2.75, 3.05) is 20.3 Å². The Balaban J connectivity index is 1.59. The summed E-state index contributed by atoms with van der Waals surface area (Å²) in [6.07, 6.45) is 3.26. The zero-order valence-corrected chi connectivity index (χ0v) is 23.1. The molecule has 0 fully saturated rings. The fourth-order valence-corrected chi connectivity index (χ4v) is 5.40. The number of methoxy groups -OCH3 is 1. The normalized spacial score (nSPS) is 14.5. The van der Waals surface area contributed by atoms with Gasteiger partial charge in [0.15, 0.2) is 16.3 Å². The number of ether oxygens (including phenoxy) is 4. The molecular formula is C31H28N2O6S. The molecule has 0 saturated heterocycles. The Morgan fingerprint density at radius 1 is 0.950 bits per heavy atom. The van der Waals surface area contributed by atoms with Crippen LogP contribution in [0.2, 0.25) is 0 Å². The minimum Gasteiger partial charge on any atom is -0.490 e. The number of fused-ring (bicyclic) bond motifs is 1. The van der Waals surface area contributed by atoms with Crippen LogP contribution >= 0.6 is 11.3 Å². The highest BCUT2D eigenvalue weighted by Crippen LogP contribution is 2.35. The monoisotopic (exact) mass is 556 g/mol. The third-order valence-corrected chi connectivity index (χ3v) is 7.14. The highest BCUT2D eigenvalue weighted by Gasteiger charge is 2.31. The van der Waals surface area contributed by atoms with Gasteiger partial charge in [-0.2, -0.15) is 0 Å². The molecule has 3 aromatic carbocycles. The molecule has 0 N–H and O–H groups in total. The molecule has 204 valence electrons. The summed E-state index contributed by atoms with van der Waals surface area (Å²) in [5.41, 5.74) is 1.43. The Morgan fingerprint density at radius 3 is 2.45 bits per heavy atom. The van der Waals surface area contributed by atoms with Gasteiger partial charge < -0.3 is 18.9 Å². The van der Waals surface area contributed by atoms with E-state index in [0.29, 0.717) is 45.4 Å². The number of hydrogen-bond acceptors (Lipinski definition) is 8. The fourth-order valence-electron chi connectivity index (χ4n) is 4.43. The largest absolute Gasteiger partial charge is 0.490 e. The third kappa shape index (κ3) is 5.55. The van der Waals surface area contributed by atoms with Crippen LogP contribution in [-0.4, -0.2) is 30.9 Å². The van der Waals surface area contributed by atoms with E-state index in [2.05, 4.69) is 4.99 Å². The van der Waals surface area contributed by atoms with E-state index in [0.717, 1.165) is 11.3 Å². The second-order valence-corrected chi connectivity index (χ2v) is 9.74. The van der Waals surface area contributed by atoms with E-state index in [4.69, 9.17) is 18.9 Å². The van der Waals surface area contributed by atoms with Crippen molar-refractivity contribution in [2.45, 2.75) is 19.9 Å². The highest BCUT2D eigenvalue weighted by atomic mass is 32.1. The molecule has 1 aliphatic rings. The van der Waals surface area contributed by atoms with E-state index in [9.17, 15) is 9.59 Å². The maximum atomic E-state index is 13.8. The molecule has 1 atom stereocenters. The van der Waals surface area contributed by atoms with Gasteiger partial charge in [0.25, 0.3) is 5.56 Å². The van der Waals surface area contributed by atoms with Crippen LogP contribution in [-0.2, 0) is 9.53 Å². The molecule has 9 heteroatoms. The lowest BCUT2D eigenvalue weighted by molar-refractivity contribution is -0.136.